The van der Waals surface area contributed by atoms with Crippen LogP contribution in [0.4, 0.5) is 0 Å². The molecule has 0 radical (unpaired) electrons. The monoisotopic (exact) mass is 364 g/mol. The van der Waals surface area contributed by atoms with Crippen molar-refractivity contribution in [2.75, 3.05) is 6.54 Å². The molecule has 0 spiro atoms. The van der Waals surface area contributed by atoms with E-state index in [2.05, 4.69) is 20.4 Å². The van der Waals surface area contributed by atoms with E-state index in [1.165, 1.54) is 0 Å². The third-order valence-corrected chi connectivity index (χ3v) is 5.11. The molecular formula is C19H20N6O2. The Morgan fingerprint density at radius 1 is 1.19 bits per heavy atom. The second-order valence-electron chi connectivity index (χ2n) is 7.21. The van der Waals surface area contributed by atoms with Gasteiger partial charge in [-0.05, 0) is 43.5 Å². The summed E-state index contributed by atoms with van der Waals surface area (Å²) < 4.78 is 1.85. The van der Waals surface area contributed by atoms with Crippen LogP contribution in [0.25, 0.3) is 11.0 Å². The number of hydrogen-bond donors (Lipinski definition) is 2. The van der Waals surface area contributed by atoms with Crippen LogP contribution in [0.3, 0.4) is 0 Å². The average molecular weight is 364 g/mol. The molecular weight excluding hydrogens is 344 g/mol. The van der Waals surface area contributed by atoms with Crippen LogP contribution in [0.2, 0.25) is 0 Å². The standard InChI is InChI=1S/C19H20N6O2/c26-18(22-13-3-4-13)17-9-14-10-24(6-1-7-25(14)23-17)19(27)12-2-5-15-16(8-12)21-11-20-15/h2,5,8-9,11,13H,1,3-4,6-7,10H2,(H,20,21)(H,22,26). The normalized spacial score (nSPS) is 16.8. The van der Waals surface area contributed by atoms with Gasteiger partial charge >= 0.3 is 0 Å². The fourth-order valence-corrected chi connectivity index (χ4v) is 3.48. The van der Waals surface area contributed by atoms with Gasteiger partial charge in [0.1, 0.15) is 0 Å². The first kappa shape index (κ1) is 16.0. The molecule has 8 heteroatoms. The number of hydrogen-bond acceptors (Lipinski definition) is 4. The van der Waals surface area contributed by atoms with Crippen LogP contribution in [0, 0.1) is 0 Å². The van der Waals surface area contributed by atoms with Gasteiger partial charge in [-0.25, -0.2) is 4.98 Å². The Bertz CT molecular complexity index is 1030. The van der Waals surface area contributed by atoms with Crippen molar-refractivity contribution in [3.8, 4) is 0 Å². The number of benzene rings is 1. The highest BCUT2D eigenvalue weighted by atomic mass is 16.2. The maximum Gasteiger partial charge on any atom is 0.272 e. The van der Waals surface area contributed by atoms with E-state index < -0.39 is 0 Å². The predicted octanol–water partition coefficient (Wildman–Crippen LogP) is 1.70. The highest BCUT2D eigenvalue weighted by Crippen LogP contribution is 2.21. The first-order valence-corrected chi connectivity index (χ1v) is 9.27. The van der Waals surface area contributed by atoms with Gasteiger partial charge in [0.05, 0.1) is 29.6 Å². The zero-order chi connectivity index (χ0) is 18.4. The molecule has 1 saturated carbocycles. The van der Waals surface area contributed by atoms with Crippen LogP contribution in [-0.2, 0) is 13.1 Å². The van der Waals surface area contributed by atoms with Crippen molar-refractivity contribution >= 4 is 22.8 Å². The SMILES string of the molecule is O=C(NC1CC1)c1cc2n(n1)CCCN(C(=O)c1ccc3nc[nH]c3c1)C2. The van der Waals surface area contributed by atoms with E-state index in [0.29, 0.717) is 36.9 Å². The van der Waals surface area contributed by atoms with Crippen LogP contribution in [0.5, 0.6) is 0 Å². The summed E-state index contributed by atoms with van der Waals surface area (Å²) in [5.41, 5.74) is 3.65. The highest BCUT2D eigenvalue weighted by Gasteiger charge is 2.27. The number of rotatable bonds is 3. The summed E-state index contributed by atoms with van der Waals surface area (Å²) in [7, 11) is 0. The molecule has 8 nitrogen and oxygen atoms in total. The molecule has 1 aromatic carbocycles. The van der Waals surface area contributed by atoms with Crippen molar-refractivity contribution in [2.24, 2.45) is 0 Å². The lowest BCUT2D eigenvalue weighted by molar-refractivity contribution is 0.0746. The second-order valence-corrected chi connectivity index (χ2v) is 7.21. The molecule has 0 atom stereocenters. The number of imidazole rings is 1. The Balaban J connectivity index is 1.37. The minimum absolute atomic E-state index is 0.0230. The maximum atomic E-state index is 13.0. The van der Waals surface area contributed by atoms with Gasteiger partial charge in [-0.3, -0.25) is 14.3 Å². The van der Waals surface area contributed by atoms with Crippen LogP contribution >= 0.6 is 0 Å². The summed E-state index contributed by atoms with van der Waals surface area (Å²) in [5.74, 6) is -0.147. The molecule has 27 heavy (non-hydrogen) atoms. The van der Waals surface area contributed by atoms with E-state index in [1.54, 1.807) is 12.4 Å². The first-order chi connectivity index (χ1) is 13.2. The van der Waals surface area contributed by atoms with Crippen LogP contribution in [0.15, 0.2) is 30.6 Å². The number of amides is 2. The van der Waals surface area contributed by atoms with Crippen molar-refractivity contribution in [3.05, 3.63) is 47.5 Å². The Kier molecular flexibility index (Phi) is 3.70. The molecule has 138 valence electrons. The van der Waals surface area contributed by atoms with Crippen molar-refractivity contribution in [1.82, 2.24) is 30.0 Å². The molecule has 3 aromatic rings. The van der Waals surface area contributed by atoms with Gasteiger partial charge in [0.25, 0.3) is 11.8 Å². The van der Waals surface area contributed by atoms with Crippen molar-refractivity contribution < 1.29 is 9.59 Å². The topological polar surface area (TPSA) is 95.9 Å². The van der Waals surface area contributed by atoms with Crippen molar-refractivity contribution in [2.45, 2.75) is 38.4 Å². The third-order valence-electron chi connectivity index (χ3n) is 5.11. The molecule has 1 fully saturated rings. The molecule has 2 aromatic heterocycles. The molecule has 5 rings (SSSR count). The van der Waals surface area contributed by atoms with Gasteiger partial charge in [-0.2, -0.15) is 5.10 Å². The molecule has 0 unspecified atom stereocenters. The second kappa shape index (κ2) is 6.22. The van der Waals surface area contributed by atoms with E-state index in [-0.39, 0.29) is 11.8 Å². The molecule has 3 heterocycles. The minimum atomic E-state index is -0.124. The number of aryl methyl sites for hydroxylation is 1. The number of aromatic nitrogens is 4. The Labute approximate surface area is 155 Å². The van der Waals surface area contributed by atoms with Gasteiger partial charge < -0.3 is 15.2 Å². The van der Waals surface area contributed by atoms with Gasteiger partial charge in [-0.1, -0.05) is 0 Å². The van der Waals surface area contributed by atoms with Crippen LogP contribution in [0.1, 0.15) is 45.8 Å². The van der Waals surface area contributed by atoms with E-state index in [4.69, 9.17) is 0 Å². The lowest BCUT2D eigenvalue weighted by atomic mass is 10.1. The molecule has 1 aliphatic carbocycles. The largest absolute Gasteiger partial charge is 0.348 e. The maximum absolute atomic E-state index is 13.0. The number of nitrogens with one attached hydrogen (secondary N) is 2. The van der Waals surface area contributed by atoms with E-state index in [9.17, 15) is 9.59 Å². The summed E-state index contributed by atoms with van der Waals surface area (Å²) in [6.07, 6.45) is 4.51. The number of carbonyl (C=O) groups is 2. The summed E-state index contributed by atoms with van der Waals surface area (Å²) in [4.78, 5) is 34.3. The van der Waals surface area contributed by atoms with Crippen molar-refractivity contribution in [3.63, 3.8) is 0 Å². The smallest absolute Gasteiger partial charge is 0.272 e. The van der Waals surface area contributed by atoms with Crippen LogP contribution < -0.4 is 5.32 Å². The fraction of sp³-hybridized carbons (Fsp3) is 0.368. The summed E-state index contributed by atoms with van der Waals surface area (Å²) >= 11 is 0. The van der Waals surface area contributed by atoms with E-state index in [0.717, 1.165) is 36.0 Å². The minimum Gasteiger partial charge on any atom is -0.348 e. The van der Waals surface area contributed by atoms with Gasteiger partial charge in [0.15, 0.2) is 5.69 Å². The number of aromatic amines is 1. The Morgan fingerprint density at radius 3 is 2.93 bits per heavy atom. The summed E-state index contributed by atoms with van der Waals surface area (Å²) in [6.45, 7) is 1.81. The molecule has 0 saturated heterocycles. The summed E-state index contributed by atoms with van der Waals surface area (Å²) in [5, 5.41) is 7.41. The molecule has 2 aliphatic rings. The first-order valence-electron chi connectivity index (χ1n) is 9.27. The number of nitrogens with zero attached hydrogens (tertiary/aromatic N) is 4. The predicted molar refractivity (Wildman–Crippen MR) is 98.2 cm³/mol. The lowest BCUT2D eigenvalue weighted by Crippen LogP contribution is -2.30. The molecule has 2 amide bonds. The lowest BCUT2D eigenvalue weighted by Gasteiger charge is -2.20. The van der Waals surface area contributed by atoms with Gasteiger partial charge in [-0.15, -0.1) is 0 Å². The zero-order valence-corrected chi connectivity index (χ0v) is 14.8. The number of fused-ring (bicyclic) bond motifs is 2. The molecule has 0 bridgehead atoms. The number of H-pyrrole nitrogens is 1. The number of carbonyl (C=O) groups excluding carboxylic acids is 2. The van der Waals surface area contributed by atoms with Crippen LogP contribution in [-0.4, -0.2) is 49.0 Å². The quantitative estimate of drug-likeness (QED) is 0.739. The van der Waals surface area contributed by atoms with Gasteiger partial charge in [0.2, 0.25) is 0 Å². The zero-order valence-electron chi connectivity index (χ0n) is 14.8. The van der Waals surface area contributed by atoms with Gasteiger partial charge in [0, 0.05) is 24.7 Å². The summed E-state index contributed by atoms with van der Waals surface area (Å²) in [6, 6.07) is 7.60. The fourth-order valence-electron chi connectivity index (χ4n) is 3.48. The van der Waals surface area contributed by atoms with Crippen molar-refractivity contribution in [1.29, 1.82) is 0 Å². The average Bonchev–Trinajstić information content (AvgIpc) is 3.27. The Morgan fingerprint density at radius 2 is 2.07 bits per heavy atom. The third kappa shape index (κ3) is 3.07. The highest BCUT2D eigenvalue weighted by molar-refractivity contribution is 5.97. The molecule has 1 aliphatic heterocycles. The van der Waals surface area contributed by atoms with E-state index in [1.807, 2.05) is 27.8 Å². The Hall–Kier alpha value is -3.16. The van der Waals surface area contributed by atoms with E-state index >= 15 is 0 Å². The molecule has 2 N–H and O–H groups in total.